The zero-order valence-electron chi connectivity index (χ0n) is 8.24. The number of halogens is 1. The number of nitrogens with zero attached hydrogens (tertiary/aromatic N) is 2. The second-order valence-corrected chi connectivity index (χ2v) is 4.30. The standard InChI is InChI=1S/C10H12BrN3O/c11-9-7-8(3-4-12-9)13-10(15)14-5-1-2-6-14/h3-4,7H,1-2,5-6H2,(H,12,13,15). The first-order valence-corrected chi connectivity index (χ1v) is 5.72. The fourth-order valence-electron chi connectivity index (χ4n) is 1.60. The number of hydrogen-bond donors (Lipinski definition) is 1. The van der Waals surface area contributed by atoms with Crippen LogP contribution in [0.5, 0.6) is 0 Å². The van der Waals surface area contributed by atoms with Crippen molar-refractivity contribution in [2.75, 3.05) is 18.4 Å². The van der Waals surface area contributed by atoms with Gasteiger partial charge in [-0.05, 0) is 40.9 Å². The number of nitrogens with one attached hydrogen (secondary N) is 1. The van der Waals surface area contributed by atoms with E-state index in [0.717, 1.165) is 36.2 Å². The van der Waals surface area contributed by atoms with E-state index in [9.17, 15) is 4.79 Å². The molecule has 1 N–H and O–H groups in total. The highest BCUT2D eigenvalue weighted by atomic mass is 79.9. The molecule has 0 spiro atoms. The number of aromatic nitrogens is 1. The normalized spacial score (nSPS) is 15.4. The molecule has 1 aromatic rings. The molecule has 2 amide bonds. The fourth-order valence-corrected chi connectivity index (χ4v) is 1.97. The molecule has 0 unspecified atom stereocenters. The number of pyridine rings is 1. The molecule has 1 aliphatic heterocycles. The van der Waals surface area contributed by atoms with Gasteiger partial charge in [-0.2, -0.15) is 0 Å². The Bertz CT molecular complexity index is 363. The van der Waals surface area contributed by atoms with Gasteiger partial charge in [-0.25, -0.2) is 9.78 Å². The zero-order valence-corrected chi connectivity index (χ0v) is 9.83. The van der Waals surface area contributed by atoms with Crippen LogP contribution in [-0.2, 0) is 0 Å². The van der Waals surface area contributed by atoms with Crippen molar-refractivity contribution in [3.63, 3.8) is 0 Å². The summed E-state index contributed by atoms with van der Waals surface area (Å²) in [6.45, 7) is 1.72. The van der Waals surface area contributed by atoms with E-state index in [0.29, 0.717) is 0 Å². The molecule has 0 bridgehead atoms. The first kappa shape index (κ1) is 10.4. The summed E-state index contributed by atoms with van der Waals surface area (Å²) in [5.74, 6) is 0. The molecule has 2 rings (SSSR count). The van der Waals surface area contributed by atoms with Crippen LogP contribution < -0.4 is 5.32 Å². The minimum absolute atomic E-state index is 0.0226. The van der Waals surface area contributed by atoms with Crippen molar-refractivity contribution in [1.29, 1.82) is 0 Å². The van der Waals surface area contributed by atoms with E-state index in [2.05, 4.69) is 26.2 Å². The van der Waals surface area contributed by atoms with E-state index in [1.54, 1.807) is 18.3 Å². The van der Waals surface area contributed by atoms with E-state index in [1.807, 2.05) is 4.90 Å². The molecule has 2 heterocycles. The molecule has 0 aliphatic carbocycles. The molecule has 1 aromatic heterocycles. The number of likely N-dealkylation sites (tertiary alicyclic amines) is 1. The number of carbonyl (C=O) groups is 1. The summed E-state index contributed by atoms with van der Waals surface area (Å²) >= 11 is 3.26. The Hall–Kier alpha value is -1.10. The largest absolute Gasteiger partial charge is 0.325 e. The third-order valence-corrected chi connectivity index (χ3v) is 2.80. The van der Waals surface area contributed by atoms with Gasteiger partial charge < -0.3 is 10.2 Å². The molecule has 0 saturated carbocycles. The number of hydrogen-bond acceptors (Lipinski definition) is 2. The monoisotopic (exact) mass is 269 g/mol. The third kappa shape index (κ3) is 2.68. The van der Waals surface area contributed by atoms with Crippen LogP contribution in [0.25, 0.3) is 0 Å². The first-order valence-electron chi connectivity index (χ1n) is 4.93. The van der Waals surface area contributed by atoms with Gasteiger partial charge in [-0.3, -0.25) is 0 Å². The van der Waals surface area contributed by atoms with Crippen molar-refractivity contribution < 1.29 is 4.79 Å². The van der Waals surface area contributed by atoms with Crippen molar-refractivity contribution >= 4 is 27.6 Å². The Morgan fingerprint density at radius 1 is 1.47 bits per heavy atom. The van der Waals surface area contributed by atoms with E-state index >= 15 is 0 Å². The molecule has 4 nitrogen and oxygen atoms in total. The van der Waals surface area contributed by atoms with Gasteiger partial charge in [0.25, 0.3) is 0 Å². The molecular weight excluding hydrogens is 258 g/mol. The summed E-state index contributed by atoms with van der Waals surface area (Å²) in [5.41, 5.74) is 0.772. The van der Waals surface area contributed by atoms with Crippen LogP contribution in [0.15, 0.2) is 22.9 Å². The van der Waals surface area contributed by atoms with Gasteiger partial charge in [-0.15, -0.1) is 0 Å². The predicted molar refractivity (Wildman–Crippen MR) is 61.8 cm³/mol. The van der Waals surface area contributed by atoms with E-state index in [-0.39, 0.29) is 6.03 Å². The molecule has 1 saturated heterocycles. The molecule has 0 atom stereocenters. The average molecular weight is 270 g/mol. The predicted octanol–water partition coefficient (Wildman–Crippen LogP) is 2.47. The van der Waals surface area contributed by atoms with Gasteiger partial charge in [0.1, 0.15) is 4.60 Å². The van der Waals surface area contributed by atoms with Crippen molar-refractivity contribution in [3.8, 4) is 0 Å². The van der Waals surface area contributed by atoms with Gasteiger partial charge in [0.2, 0.25) is 0 Å². The second-order valence-electron chi connectivity index (χ2n) is 3.49. The maximum Gasteiger partial charge on any atom is 0.321 e. The van der Waals surface area contributed by atoms with Crippen LogP contribution >= 0.6 is 15.9 Å². The average Bonchev–Trinajstić information content (AvgIpc) is 2.70. The Morgan fingerprint density at radius 2 is 2.20 bits per heavy atom. The molecule has 15 heavy (non-hydrogen) atoms. The van der Waals surface area contributed by atoms with Crippen LogP contribution in [0.2, 0.25) is 0 Å². The minimum Gasteiger partial charge on any atom is -0.325 e. The van der Waals surface area contributed by atoms with Crippen molar-refractivity contribution in [2.45, 2.75) is 12.8 Å². The summed E-state index contributed by atoms with van der Waals surface area (Å²) in [6.07, 6.45) is 3.87. The topological polar surface area (TPSA) is 45.2 Å². The van der Waals surface area contributed by atoms with Gasteiger partial charge in [0, 0.05) is 25.0 Å². The minimum atomic E-state index is -0.0226. The van der Waals surface area contributed by atoms with Gasteiger partial charge in [0.05, 0.1) is 0 Å². The Kier molecular flexibility index (Phi) is 3.20. The lowest BCUT2D eigenvalue weighted by Gasteiger charge is -2.15. The van der Waals surface area contributed by atoms with E-state index in [4.69, 9.17) is 0 Å². The summed E-state index contributed by atoms with van der Waals surface area (Å²) in [4.78, 5) is 17.5. The number of carbonyl (C=O) groups excluding carboxylic acids is 1. The highest BCUT2D eigenvalue weighted by Crippen LogP contribution is 2.14. The van der Waals surface area contributed by atoms with Crippen LogP contribution in [0.1, 0.15) is 12.8 Å². The van der Waals surface area contributed by atoms with Crippen molar-refractivity contribution in [3.05, 3.63) is 22.9 Å². The van der Waals surface area contributed by atoms with Crippen LogP contribution in [0.3, 0.4) is 0 Å². The lowest BCUT2D eigenvalue weighted by Crippen LogP contribution is -2.32. The number of amides is 2. The summed E-state index contributed by atoms with van der Waals surface area (Å²) in [7, 11) is 0. The van der Waals surface area contributed by atoms with Gasteiger partial charge >= 0.3 is 6.03 Å². The van der Waals surface area contributed by atoms with Crippen molar-refractivity contribution in [1.82, 2.24) is 9.88 Å². The summed E-state index contributed by atoms with van der Waals surface area (Å²) in [5, 5.41) is 2.84. The van der Waals surface area contributed by atoms with E-state index in [1.165, 1.54) is 0 Å². The Balaban J connectivity index is 1.99. The quantitative estimate of drug-likeness (QED) is 0.797. The maximum atomic E-state index is 11.7. The summed E-state index contributed by atoms with van der Waals surface area (Å²) in [6, 6.07) is 3.54. The van der Waals surface area contributed by atoms with E-state index < -0.39 is 0 Å². The third-order valence-electron chi connectivity index (χ3n) is 2.37. The summed E-state index contributed by atoms with van der Waals surface area (Å²) < 4.78 is 0.724. The lowest BCUT2D eigenvalue weighted by atomic mass is 10.4. The highest BCUT2D eigenvalue weighted by Gasteiger charge is 2.17. The molecule has 0 aromatic carbocycles. The maximum absolute atomic E-state index is 11.7. The van der Waals surface area contributed by atoms with Crippen LogP contribution in [0.4, 0.5) is 10.5 Å². The molecule has 0 radical (unpaired) electrons. The molecule has 80 valence electrons. The van der Waals surface area contributed by atoms with Crippen LogP contribution in [0, 0.1) is 0 Å². The number of rotatable bonds is 1. The molecule has 1 aliphatic rings. The Labute approximate surface area is 96.8 Å². The zero-order chi connectivity index (χ0) is 10.7. The fraction of sp³-hybridized carbons (Fsp3) is 0.400. The van der Waals surface area contributed by atoms with Gasteiger partial charge in [-0.1, -0.05) is 0 Å². The second kappa shape index (κ2) is 4.61. The van der Waals surface area contributed by atoms with Gasteiger partial charge in [0.15, 0.2) is 0 Å². The molecule has 1 fully saturated rings. The number of urea groups is 1. The first-order chi connectivity index (χ1) is 7.25. The smallest absolute Gasteiger partial charge is 0.321 e. The molecular formula is C10H12BrN3O. The van der Waals surface area contributed by atoms with Crippen molar-refractivity contribution in [2.24, 2.45) is 0 Å². The lowest BCUT2D eigenvalue weighted by molar-refractivity contribution is 0.222. The molecule has 5 heteroatoms. The number of anilines is 1. The van der Waals surface area contributed by atoms with Crippen LogP contribution in [-0.4, -0.2) is 29.0 Å². The SMILES string of the molecule is O=C(Nc1ccnc(Br)c1)N1CCCC1. The Morgan fingerprint density at radius 3 is 2.87 bits per heavy atom. The highest BCUT2D eigenvalue weighted by molar-refractivity contribution is 9.10.